The Hall–Kier alpha value is -0.0400. The van der Waals surface area contributed by atoms with Crippen LogP contribution in [-0.4, -0.2) is 11.2 Å². The van der Waals surface area contributed by atoms with E-state index >= 15 is 0 Å². The molecule has 0 bridgehead atoms. The molecule has 1 nitrogen and oxygen atoms in total. The SMILES string of the molecule is CC(=O)C1(C)C(C)C1Cl. The minimum absolute atomic E-state index is 0.0787. The summed E-state index contributed by atoms with van der Waals surface area (Å²) in [6.45, 7) is 5.55. The third-order valence-corrected chi connectivity index (χ3v) is 3.44. The van der Waals surface area contributed by atoms with Gasteiger partial charge in [0.1, 0.15) is 5.78 Å². The molecule has 52 valence electrons. The van der Waals surface area contributed by atoms with Crippen molar-refractivity contribution in [3.8, 4) is 0 Å². The summed E-state index contributed by atoms with van der Waals surface area (Å²) in [4.78, 5) is 10.9. The summed E-state index contributed by atoms with van der Waals surface area (Å²) >= 11 is 5.82. The average molecular weight is 147 g/mol. The van der Waals surface area contributed by atoms with Crippen LogP contribution in [0, 0.1) is 11.3 Å². The number of ketones is 1. The molecule has 1 rings (SSSR count). The van der Waals surface area contributed by atoms with Crippen LogP contribution in [0.25, 0.3) is 0 Å². The molecule has 3 unspecified atom stereocenters. The van der Waals surface area contributed by atoms with Gasteiger partial charge in [-0.1, -0.05) is 13.8 Å². The largest absolute Gasteiger partial charge is 0.299 e. The van der Waals surface area contributed by atoms with Crippen LogP contribution in [0.15, 0.2) is 0 Å². The molecule has 1 saturated carbocycles. The van der Waals surface area contributed by atoms with Crippen LogP contribution in [0.1, 0.15) is 20.8 Å². The molecule has 0 radical (unpaired) electrons. The third-order valence-electron chi connectivity index (χ3n) is 2.61. The van der Waals surface area contributed by atoms with E-state index < -0.39 is 0 Å². The monoisotopic (exact) mass is 146 g/mol. The van der Waals surface area contributed by atoms with E-state index in [1.165, 1.54) is 0 Å². The predicted octanol–water partition coefficient (Wildman–Crippen LogP) is 1.84. The van der Waals surface area contributed by atoms with Crippen LogP contribution < -0.4 is 0 Å². The van der Waals surface area contributed by atoms with E-state index in [0.717, 1.165) is 0 Å². The first-order valence-corrected chi connectivity index (χ1v) is 3.60. The van der Waals surface area contributed by atoms with E-state index in [-0.39, 0.29) is 16.6 Å². The number of halogens is 1. The minimum atomic E-state index is -0.207. The Bertz CT molecular complexity index is 145. The van der Waals surface area contributed by atoms with Gasteiger partial charge in [0.15, 0.2) is 0 Å². The highest BCUT2D eigenvalue weighted by Crippen LogP contribution is 2.56. The van der Waals surface area contributed by atoms with Crippen LogP contribution in [0.3, 0.4) is 0 Å². The fourth-order valence-corrected chi connectivity index (χ4v) is 1.72. The summed E-state index contributed by atoms with van der Waals surface area (Å²) in [5, 5.41) is 0.0787. The van der Waals surface area contributed by atoms with Gasteiger partial charge in [0.2, 0.25) is 0 Å². The molecule has 0 aliphatic heterocycles. The highest BCUT2D eigenvalue weighted by atomic mass is 35.5. The molecule has 0 aromatic carbocycles. The molecule has 0 aromatic heterocycles. The second-order valence-electron chi connectivity index (χ2n) is 3.03. The van der Waals surface area contributed by atoms with Crippen molar-refractivity contribution in [3.05, 3.63) is 0 Å². The van der Waals surface area contributed by atoms with Gasteiger partial charge >= 0.3 is 0 Å². The van der Waals surface area contributed by atoms with Crippen molar-refractivity contribution in [2.45, 2.75) is 26.1 Å². The van der Waals surface area contributed by atoms with Gasteiger partial charge in [0.05, 0.1) is 0 Å². The van der Waals surface area contributed by atoms with E-state index in [9.17, 15) is 4.79 Å². The Morgan fingerprint density at radius 2 is 2.00 bits per heavy atom. The van der Waals surface area contributed by atoms with Crippen molar-refractivity contribution in [3.63, 3.8) is 0 Å². The van der Waals surface area contributed by atoms with Crippen LogP contribution in [0.5, 0.6) is 0 Å². The van der Waals surface area contributed by atoms with Crippen molar-refractivity contribution in [1.29, 1.82) is 0 Å². The Balaban J connectivity index is 2.71. The topological polar surface area (TPSA) is 17.1 Å². The van der Waals surface area contributed by atoms with Gasteiger partial charge in [-0.15, -0.1) is 11.6 Å². The fraction of sp³-hybridized carbons (Fsp3) is 0.857. The molecule has 1 aliphatic rings. The molecule has 0 spiro atoms. The number of alkyl halides is 1. The fourth-order valence-electron chi connectivity index (χ4n) is 1.18. The van der Waals surface area contributed by atoms with Crippen molar-refractivity contribution >= 4 is 17.4 Å². The molecule has 0 aromatic rings. The number of Topliss-reactive ketones (excluding diaryl/α,β-unsaturated/α-hetero) is 1. The van der Waals surface area contributed by atoms with Gasteiger partial charge in [-0.3, -0.25) is 4.79 Å². The summed E-state index contributed by atoms with van der Waals surface area (Å²) in [6, 6.07) is 0. The smallest absolute Gasteiger partial charge is 0.137 e. The number of hydrogen-bond acceptors (Lipinski definition) is 1. The predicted molar refractivity (Wildman–Crippen MR) is 37.6 cm³/mol. The van der Waals surface area contributed by atoms with Gasteiger partial charge in [0.25, 0.3) is 0 Å². The molecular formula is C7H11ClO. The number of rotatable bonds is 1. The molecule has 1 aliphatic carbocycles. The maximum atomic E-state index is 10.9. The quantitative estimate of drug-likeness (QED) is 0.516. The van der Waals surface area contributed by atoms with Crippen LogP contribution in [-0.2, 0) is 4.79 Å². The standard InChI is InChI=1S/C7H11ClO/c1-4-6(8)7(4,3)5(2)9/h4,6H,1-3H3. The van der Waals surface area contributed by atoms with E-state index in [4.69, 9.17) is 11.6 Å². The summed E-state index contributed by atoms with van der Waals surface area (Å²) in [7, 11) is 0. The first-order chi connectivity index (χ1) is 4.01. The molecule has 3 atom stereocenters. The second kappa shape index (κ2) is 1.72. The summed E-state index contributed by atoms with van der Waals surface area (Å²) in [5.41, 5.74) is -0.207. The van der Waals surface area contributed by atoms with E-state index in [1.54, 1.807) is 6.92 Å². The zero-order chi connectivity index (χ0) is 7.23. The average Bonchev–Trinajstić information content (AvgIpc) is 2.22. The van der Waals surface area contributed by atoms with E-state index in [0.29, 0.717) is 5.92 Å². The highest BCUT2D eigenvalue weighted by molar-refractivity contribution is 6.26. The number of carbonyl (C=O) groups excluding carboxylic acids is 1. The zero-order valence-corrected chi connectivity index (χ0v) is 6.70. The van der Waals surface area contributed by atoms with Gasteiger partial charge in [-0.2, -0.15) is 0 Å². The van der Waals surface area contributed by atoms with Crippen molar-refractivity contribution < 1.29 is 4.79 Å². The van der Waals surface area contributed by atoms with Crippen LogP contribution in [0.2, 0.25) is 0 Å². The van der Waals surface area contributed by atoms with Gasteiger partial charge in [-0.25, -0.2) is 0 Å². The molecular weight excluding hydrogens is 136 g/mol. The first kappa shape index (κ1) is 7.07. The van der Waals surface area contributed by atoms with Crippen molar-refractivity contribution in [2.24, 2.45) is 11.3 Å². The Labute approximate surface area is 60.4 Å². The number of carbonyl (C=O) groups is 1. The summed E-state index contributed by atoms with van der Waals surface area (Å²) in [5.74, 6) is 0.590. The third kappa shape index (κ3) is 0.710. The molecule has 2 heteroatoms. The number of hydrogen-bond donors (Lipinski definition) is 0. The van der Waals surface area contributed by atoms with E-state index in [1.807, 2.05) is 13.8 Å². The molecule has 0 saturated heterocycles. The lowest BCUT2D eigenvalue weighted by Gasteiger charge is -2.00. The normalized spacial score (nSPS) is 48.9. The maximum Gasteiger partial charge on any atom is 0.137 e. The van der Waals surface area contributed by atoms with Gasteiger partial charge in [0, 0.05) is 10.8 Å². The van der Waals surface area contributed by atoms with Gasteiger partial charge < -0.3 is 0 Å². The Morgan fingerprint density at radius 1 is 1.67 bits per heavy atom. The highest BCUT2D eigenvalue weighted by Gasteiger charge is 2.60. The molecule has 9 heavy (non-hydrogen) atoms. The molecule has 1 fully saturated rings. The van der Waals surface area contributed by atoms with Gasteiger partial charge in [-0.05, 0) is 12.8 Å². The van der Waals surface area contributed by atoms with Crippen LogP contribution in [0.4, 0.5) is 0 Å². The molecule has 0 amide bonds. The lowest BCUT2D eigenvalue weighted by molar-refractivity contribution is -0.121. The molecule has 0 N–H and O–H groups in total. The Morgan fingerprint density at radius 3 is 2.00 bits per heavy atom. The first-order valence-electron chi connectivity index (χ1n) is 3.16. The lowest BCUT2D eigenvalue weighted by Crippen LogP contribution is -2.10. The summed E-state index contributed by atoms with van der Waals surface area (Å²) in [6.07, 6.45) is 0. The van der Waals surface area contributed by atoms with Crippen molar-refractivity contribution in [2.75, 3.05) is 0 Å². The second-order valence-corrected chi connectivity index (χ2v) is 3.50. The minimum Gasteiger partial charge on any atom is -0.299 e. The summed E-state index contributed by atoms with van der Waals surface area (Å²) < 4.78 is 0. The van der Waals surface area contributed by atoms with Crippen LogP contribution >= 0.6 is 11.6 Å². The van der Waals surface area contributed by atoms with E-state index in [2.05, 4.69) is 0 Å². The van der Waals surface area contributed by atoms with Crippen molar-refractivity contribution in [1.82, 2.24) is 0 Å². The lowest BCUT2D eigenvalue weighted by atomic mass is 10.0. The Kier molecular flexibility index (Phi) is 1.35. The maximum absolute atomic E-state index is 10.9. The molecule has 0 heterocycles. The zero-order valence-electron chi connectivity index (χ0n) is 5.94.